The number of hydrogen-bond acceptors (Lipinski definition) is 13. The van der Waals surface area contributed by atoms with Crippen molar-refractivity contribution in [1.82, 2.24) is 24.8 Å². The smallest absolute Gasteiger partial charge is 0.354 e. The van der Waals surface area contributed by atoms with Gasteiger partial charge < -0.3 is 31.1 Å². The average Bonchev–Trinajstić information content (AvgIpc) is 3.48. The van der Waals surface area contributed by atoms with Gasteiger partial charge in [0.15, 0.2) is 11.5 Å². The molecule has 1 aliphatic rings. The number of rotatable bonds is 21. The van der Waals surface area contributed by atoms with Crippen molar-refractivity contribution in [2.75, 3.05) is 78.9 Å². The summed E-state index contributed by atoms with van der Waals surface area (Å²) in [5.74, 6) is 0.260. The molecule has 2 aromatic carbocycles. The van der Waals surface area contributed by atoms with E-state index in [1.54, 1.807) is 42.5 Å². The summed E-state index contributed by atoms with van der Waals surface area (Å²) >= 11 is 0. The van der Waals surface area contributed by atoms with Crippen LogP contribution in [0.25, 0.3) is 0 Å². The summed E-state index contributed by atoms with van der Waals surface area (Å²) in [6.45, 7) is 17.4. The summed E-state index contributed by atoms with van der Waals surface area (Å²) in [5.41, 5.74) is 2.90. The molecule has 3 aromatic rings. The molecule has 0 aliphatic carbocycles. The maximum atomic E-state index is 12.9. The van der Waals surface area contributed by atoms with Crippen LogP contribution >= 0.6 is 0 Å². The number of azo groups is 1. The fourth-order valence-corrected chi connectivity index (χ4v) is 5.25. The number of fused-ring (bicyclic) bond motifs is 1. The number of anilines is 6. The topological polar surface area (TPSA) is 198 Å². The van der Waals surface area contributed by atoms with Crippen LogP contribution in [0.15, 0.2) is 52.7 Å². The first kappa shape index (κ1) is 37.8. The minimum atomic E-state index is -1.34. The Morgan fingerprint density at radius 3 is 1.94 bits per heavy atom. The van der Waals surface area contributed by atoms with Crippen molar-refractivity contribution in [3.05, 3.63) is 42.5 Å². The standard InChI is InChI=1S/C34H49N13O3/c1-6-46(7-2)20-10-18-35-31-41-32(36-19-11-21-47(8-3)9-4)43-33(42-31)38-24-12-14-25(15-13-24)44-45-29(23(5)48)30(49)37-26-16-17-27-28(22-26)40-34(50)39-27/h12-17,22,29H,6-11,18-21H2,1-5H3,(H,37,49)(H2,39,40,50)(H3,35,36,38,41,42,43)/p+1. The number of Topliss-reactive ketones (excluding diaryl/α,β-unsaturated/α-hetero) is 1. The molecule has 3 amide bonds. The number of nitrogens with one attached hydrogen (secondary N) is 5. The van der Waals surface area contributed by atoms with Crippen molar-refractivity contribution in [2.24, 2.45) is 10.2 Å². The molecule has 1 aliphatic heterocycles. The lowest BCUT2D eigenvalue weighted by Gasteiger charge is -2.18. The first-order chi connectivity index (χ1) is 24.2. The number of carbonyl (C=O) groups is 3. The molecule has 16 nitrogen and oxygen atoms in total. The van der Waals surface area contributed by atoms with E-state index in [1.807, 2.05) is 0 Å². The molecular formula is C34H50N13O3+. The monoisotopic (exact) mass is 688 g/mol. The van der Waals surface area contributed by atoms with Crippen LogP contribution in [0.5, 0.6) is 0 Å². The zero-order valence-electron chi connectivity index (χ0n) is 29.6. The van der Waals surface area contributed by atoms with E-state index in [9.17, 15) is 14.4 Å². The molecule has 1 unspecified atom stereocenters. The second-order valence-electron chi connectivity index (χ2n) is 11.7. The largest absolute Gasteiger partial charge is 0.423 e. The zero-order chi connectivity index (χ0) is 35.9. The Labute approximate surface area is 293 Å². The number of benzene rings is 2. The molecule has 0 fully saturated rings. The normalized spacial score (nSPS) is 13.0. The van der Waals surface area contributed by atoms with Crippen molar-refractivity contribution in [3.8, 4) is 0 Å². The average molecular weight is 689 g/mol. The van der Waals surface area contributed by atoms with E-state index in [4.69, 9.17) is 0 Å². The lowest BCUT2D eigenvalue weighted by atomic mass is 10.2. The van der Waals surface area contributed by atoms with Crippen molar-refractivity contribution in [2.45, 2.75) is 53.5 Å². The van der Waals surface area contributed by atoms with E-state index in [0.29, 0.717) is 46.3 Å². The minimum Gasteiger partial charge on any atom is -0.354 e. The fourth-order valence-electron chi connectivity index (χ4n) is 5.25. The van der Waals surface area contributed by atoms with Gasteiger partial charge in [-0.2, -0.15) is 25.2 Å². The summed E-state index contributed by atoms with van der Waals surface area (Å²) in [4.78, 5) is 55.4. The lowest BCUT2D eigenvalue weighted by molar-refractivity contribution is -0.453. The van der Waals surface area contributed by atoms with Gasteiger partial charge in [0, 0.05) is 30.5 Å². The molecule has 268 valence electrons. The highest BCUT2D eigenvalue weighted by atomic mass is 16.2. The van der Waals surface area contributed by atoms with Crippen molar-refractivity contribution in [3.63, 3.8) is 0 Å². The van der Waals surface area contributed by atoms with Gasteiger partial charge >= 0.3 is 6.03 Å². The van der Waals surface area contributed by atoms with E-state index in [1.165, 1.54) is 12.2 Å². The SMILES string of the molecule is CCN(CC)CCCNc1nc(NCCCN(CC)CC)nc(Nc2ccc(N=NC(C(C)=O)C(=O)Nc3ccc4c(c3)[NH2+]C(=O)N4)cc2)n1. The summed E-state index contributed by atoms with van der Waals surface area (Å²) < 4.78 is 0. The first-order valence-electron chi connectivity index (χ1n) is 17.3. The summed E-state index contributed by atoms with van der Waals surface area (Å²) in [5, 5.41) is 24.9. The molecular weight excluding hydrogens is 638 g/mol. The Morgan fingerprint density at radius 1 is 0.820 bits per heavy atom. The Kier molecular flexibility index (Phi) is 14.5. The highest BCUT2D eigenvalue weighted by molar-refractivity contribution is 6.10. The van der Waals surface area contributed by atoms with E-state index in [2.05, 4.69) is 89.3 Å². The second-order valence-corrected chi connectivity index (χ2v) is 11.7. The van der Waals surface area contributed by atoms with E-state index in [-0.39, 0.29) is 6.03 Å². The number of carbonyl (C=O) groups excluding carboxylic acids is 3. The first-order valence-corrected chi connectivity index (χ1v) is 17.3. The minimum absolute atomic E-state index is 0.231. The molecule has 0 bridgehead atoms. The third-order valence-electron chi connectivity index (χ3n) is 8.20. The number of ketones is 1. The third kappa shape index (κ3) is 11.5. The van der Waals surface area contributed by atoms with Gasteiger partial charge in [0.25, 0.3) is 5.91 Å². The van der Waals surface area contributed by atoms with Gasteiger partial charge in [-0.05, 0) is 95.4 Å². The number of aromatic nitrogens is 3. The Morgan fingerprint density at radius 2 is 1.38 bits per heavy atom. The number of urea groups is 1. The van der Waals surface area contributed by atoms with E-state index >= 15 is 0 Å². The molecule has 16 heteroatoms. The molecule has 1 aromatic heterocycles. The lowest BCUT2D eigenvalue weighted by Crippen LogP contribution is -2.80. The van der Waals surface area contributed by atoms with Crippen LogP contribution in [0.1, 0.15) is 47.5 Å². The number of nitrogens with two attached hydrogens (primary N) is 1. The van der Waals surface area contributed by atoms with Crippen LogP contribution in [0, 0.1) is 0 Å². The summed E-state index contributed by atoms with van der Waals surface area (Å²) in [6.07, 6.45) is 1.91. The summed E-state index contributed by atoms with van der Waals surface area (Å²) in [7, 11) is 0. The van der Waals surface area contributed by atoms with Gasteiger partial charge in [0.2, 0.25) is 23.9 Å². The van der Waals surface area contributed by atoms with Crippen molar-refractivity contribution < 1.29 is 19.7 Å². The molecule has 0 spiro atoms. The Balaban J connectivity index is 1.39. The van der Waals surface area contributed by atoms with Crippen LogP contribution in [0.3, 0.4) is 0 Å². The van der Waals surface area contributed by atoms with Gasteiger partial charge in [-0.3, -0.25) is 14.9 Å². The van der Waals surface area contributed by atoms with E-state index < -0.39 is 17.7 Å². The van der Waals surface area contributed by atoms with Crippen LogP contribution in [-0.2, 0) is 9.59 Å². The predicted molar refractivity (Wildman–Crippen MR) is 196 cm³/mol. The zero-order valence-corrected chi connectivity index (χ0v) is 29.6. The maximum Gasteiger partial charge on any atom is 0.423 e. The fraction of sp³-hybridized carbons (Fsp3) is 0.471. The summed E-state index contributed by atoms with van der Waals surface area (Å²) in [6, 6.07) is 10.4. The van der Waals surface area contributed by atoms with Crippen LogP contribution in [0.2, 0.25) is 0 Å². The highest BCUT2D eigenvalue weighted by Crippen LogP contribution is 2.25. The molecule has 0 saturated carbocycles. The molecule has 0 saturated heterocycles. The van der Waals surface area contributed by atoms with Crippen molar-refractivity contribution in [1.29, 1.82) is 0 Å². The number of primary amides is 1. The van der Waals surface area contributed by atoms with Crippen LogP contribution < -0.4 is 31.9 Å². The highest BCUT2D eigenvalue weighted by Gasteiger charge is 2.26. The van der Waals surface area contributed by atoms with Crippen LogP contribution in [0.4, 0.5) is 51.1 Å². The molecule has 1 atom stereocenters. The van der Waals surface area contributed by atoms with Crippen molar-refractivity contribution >= 4 is 64.0 Å². The molecule has 7 N–H and O–H groups in total. The number of quaternary nitrogens is 1. The van der Waals surface area contributed by atoms with Gasteiger partial charge in [-0.25, -0.2) is 10.1 Å². The maximum absolute atomic E-state index is 12.9. The van der Waals surface area contributed by atoms with E-state index in [0.717, 1.165) is 65.2 Å². The Hall–Kier alpha value is -5.06. The van der Waals surface area contributed by atoms with Gasteiger partial charge in [-0.15, -0.1) is 0 Å². The third-order valence-corrected chi connectivity index (χ3v) is 8.20. The van der Waals surface area contributed by atoms with Gasteiger partial charge in [0.1, 0.15) is 5.69 Å². The number of hydrogen-bond donors (Lipinski definition) is 6. The second kappa shape index (κ2) is 19.2. The van der Waals surface area contributed by atoms with Gasteiger partial charge in [0.05, 0.1) is 5.69 Å². The van der Waals surface area contributed by atoms with Crippen LogP contribution in [-0.4, -0.2) is 101 Å². The Bertz CT molecular complexity index is 1570. The number of amides is 3. The molecule has 0 radical (unpaired) electrons. The predicted octanol–water partition coefficient (Wildman–Crippen LogP) is 4.32. The van der Waals surface area contributed by atoms with Gasteiger partial charge in [-0.1, -0.05) is 27.7 Å². The molecule has 2 heterocycles. The molecule has 4 rings (SSSR count). The number of nitrogens with zero attached hydrogens (tertiary/aromatic N) is 7. The molecule has 50 heavy (non-hydrogen) atoms. The quantitative estimate of drug-likeness (QED) is 0.0403.